The zero-order chi connectivity index (χ0) is 15.8. The van der Waals surface area contributed by atoms with E-state index in [0.717, 1.165) is 0 Å². The van der Waals surface area contributed by atoms with Gasteiger partial charge in [0.25, 0.3) is 5.91 Å². The van der Waals surface area contributed by atoms with Crippen molar-refractivity contribution in [1.29, 1.82) is 0 Å². The van der Waals surface area contributed by atoms with Gasteiger partial charge in [-0.05, 0) is 18.1 Å². The maximum atomic E-state index is 12.6. The van der Waals surface area contributed by atoms with E-state index in [1.807, 2.05) is 13.8 Å². The molecule has 6 heteroatoms. The van der Waals surface area contributed by atoms with Crippen LogP contribution in [0.2, 0.25) is 0 Å². The summed E-state index contributed by atoms with van der Waals surface area (Å²) in [6, 6.07) is 3.35. The van der Waals surface area contributed by atoms with Gasteiger partial charge in [0.2, 0.25) is 0 Å². The second-order valence-electron chi connectivity index (χ2n) is 5.21. The van der Waals surface area contributed by atoms with Crippen molar-refractivity contribution in [2.24, 2.45) is 11.7 Å². The van der Waals surface area contributed by atoms with Crippen molar-refractivity contribution in [3.05, 3.63) is 29.6 Å². The number of nitrogens with zero attached hydrogens (tertiary/aromatic N) is 2. The largest absolute Gasteiger partial charge is 0.469 e. The first-order valence-electron chi connectivity index (χ1n) is 6.99. The van der Waals surface area contributed by atoms with E-state index in [4.69, 9.17) is 5.73 Å². The Bertz CT molecular complexity index is 489. The van der Waals surface area contributed by atoms with Crippen molar-refractivity contribution in [3.63, 3.8) is 0 Å². The number of carbonyl (C=O) groups excluding carboxylic acids is 2. The molecule has 0 radical (unpaired) electrons. The van der Waals surface area contributed by atoms with E-state index in [0.29, 0.717) is 30.3 Å². The summed E-state index contributed by atoms with van der Waals surface area (Å²) in [4.78, 5) is 29.6. The van der Waals surface area contributed by atoms with Gasteiger partial charge in [0, 0.05) is 31.4 Å². The van der Waals surface area contributed by atoms with Gasteiger partial charge in [0.05, 0.1) is 19.2 Å². The van der Waals surface area contributed by atoms with E-state index in [2.05, 4.69) is 9.72 Å². The van der Waals surface area contributed by atoms with Crippen LogP contribution in [-0.2, 0) is 16.1 Å². The van der Waals surface area contributed by atoms with Gasteiger partial charge < -0.3 is 15.4 Å². The van der Waals surface area contributed by atoms with Gasteiger partial charge >= 0.3 is 5.97 Å². The molecule has 21 heavy (non-hydrogen) atoms. The zero-order valence-corrected chi connectivity index (χ0v) is 12.8. The third kappa shape index (κ3) is 5.51. The molecule has 0 aliphatic heterocycles. The smallest absolute Gasteiger partial charge is 0.307 e. The minimum Gasteiger partial charge on any atom is -0.469 e. The van der Waals surface area contributed by atoms with E-state index in [-0.39, 0.29) is 24.8 Å². The lowest BCUT2D eigenvalue weighted by atomic mass is 10.1. The summed E-state index contributed by atoms with van der Waals surface area (Å²) in [7, 11) is 1.34. The maximum Gasteiger partial charge on any atom is 0.307 e. The number of methoxy groups -OCH3 is 1. The molecule has 6 nitrogen and oxygen atoms in total. The summed E-state index contributed by atoms with van der Waals surface area (Å²) >= 11 is 0. The Hall–Kier alpha value is -1.95. The molecule has 0 bridgehead atoms. The molecule has 0 fully saturated rings. The Balaban J connectivity index is 2.84. The van der Waals surface area contributed by atoms with Gasteiger partial charge in [0.1, 0.15) is 0 Å². The van der Waals surface area contributed by atoms with Crippen LogP contribution in [0.3, 0.4) is 0 Å². The average Bonchev–Trinajstić information content (AvgIpc) is 2.49. The number of hydrogen-bond acceptors (Lipinski definition) is 5. The molecule has 0 saturated heterocycles. The van der Waals surface area contributed by atoms with Gasteiger partial charge in [-0.1, -0.05) is 13.8 Å². The van der Waals surface area contributed by atoms with Crippen LogP contribution in [0.15, 0.2) is 18.3 Å². The Labute approximate surface area is 125 Å². The lowest BCUT2D eigenvalue weighted by molar-refractivity contribution is -0.140. The van der Waals surface area contributed by atoms with E-state index < -0.39 is 0 Å². The summed E-state index contributed by atoms with van der Waals surface area (Å²) in [5.74, 6) is -0.138. The van der Waals surface area contributed by atoms with E-state index in [1.54, 1.807) is 23.2 Å². The fourth-order valence-electron chi connectivity index (χ4n) is 1.95. The Morgan fingerprint density at radius 3 is 2.71 bits per heavy atom. The quantitative estimate of drug-likeness (QED) is 0.763. The van der Waals surface area contributed by atoms with Crippen LogP contribution in [0.4, 0.5) is 0 Å². The van der Waals surface area contributed by atoms with Crippen molar-refractivity contribution in [3.8, 4) is 0 Å². The number of esters is 1. The second-order valence-corrected chi connectivity index (χ2v) is 5.21. The lowest BCUT2D eigenvalue weighted by Gasteiger charge is -2.24. The molecule has 0 spiro atoms. The van der Waals surface area contributed by atoms with Gasteiger partial charge in [0.15, 0.2) is 0 Å². The Morgan fingerprint density at radius 2 is 2.14 bits per heavy atom. The number of pyridine rings is 1. The van der Waals surface area contributed by atoms with Gasteiger partial charge in [-0.3, -0.25) is 14.6 Å². The van der Waals surface area contributed by atoms with Gasteiger partial charge in [-0.25, -0.2) is 0 Å². The molecule has 116 valence electrons. The molecule has 0 atom stereocenters. The topological polar surface area (TPSA) is 85.5 Å². The minimum atomic E-state index is -0.325. The molecular formula is C15H23N3O3. The first-order chi connectivity index (χ1) is 9.97. The molecule has 1 amide bonds. The summed E-state index contributed by atoms with van der Waals surface area (Å²) in [6.45, 7) is 5.25. The van der Waals surface area contributed by atoms with Crippen molar-refractivity contribution >= 4 is 11.9 Å². The second kappa shape index (κ2) is 8.36. The molecule has 1 rings (SSSR count). The molecule has 2 N–H and O–H groups in total. The summed E-state index contributed by atoms with van der Waals surface area (Å²) in [5.41, 5.74) is 6.75. The number of aromatic nitrogens is 1. The predicted molar refractivity (Wildman–Crippen MR) is 79.5 cm³/mol. The van der Waals surface area contributed by atoms with E-state index in [9.17, 15) is 9.59 Å². The van der Waals surface area contributed by atoms with Crippen LogP contribution in [-0.4, -0.2) is 42.0 Å². The lowest BCUT2D eigenvalue weighted by Crippen LogP contribution is -2.36. The molecule has 0 aliphatic carbocycles. The van der Waals surface area contributed by atoms with E-state index >= 15 is 0 Å². The number of amides is 1. The number of nitrogens with two attached hydrogens (primary N) is 1. The molecule has 0 saturated carbocycles. The first kappa shape index (κ1) is 17.1. The number of rotatable bonds is 7. The molecular weight excluding hydrogens is 270 g/mol. The number of hydrogen-bond donors (Lipinski definition) is 1. The van der Waals surface area contributed by atoms with Crippen LogP contribution in [0.25, 0.3) is 0 Å². The highest BCUT2D eigenvalue weighted by atomic mass is 16.5. The molecule has 0 unspecified atom stereocenters. The predicted octanol–water partition coefficient (Wildman–Crippen LogP) is 1.20. The number of carbonyl (C=O) groups is 2. The molecule has 1 aromatic rings. The maximum absolute atomic E-state index is 12.6. The van der Waals surface area contributed by atoms with E-state index in [1.165, 1.54) is 7.11 Å². The molecule has 1 heterocycles. The first-order valence-corrected chi connectivity index (χ1v) is 6.99. The van der Waals surface area contributed by atoms with Crippen molar-refractivity contribution in [1.82, 2.24) is 9.88 Å². The Kier molecular flexibility index (Phi) is 6.81. The third-order valence-corrected chi connectivity index (χ3v) is 2.96. The van der Waals surface area contributed by atoms with Crippen LogP contribution in [0.5, 0.6) is 0 Å². The summed E-state index contributed by atoms with van der Waals surface area (Å²) in [5, 5.41) is 0. The molecule has 1 aromatic heterocycles. The standard InChI is InChI=1S/C15H23N3O3/c1-11(2)10-18(7-5-14(19)21-3)15(20)12-4-6-17-13(8-12)9-16/h4,6,8,11H,5,7,9-10,16H2,1-3H3. The summed E-state index contributed by atoms with van der Waals surface area (Å²) in [6.07, 6.45) is 1.76. The number of ether oxygens (including phenoxy) is 1. The van der Waals surface area contributed by atoms with Crippen LogP contribution >= 0.6 is 0 Å². The van der Waals surface area contributed by atoms with Crippen LogP contribution in [0, 0.1) is 5.92 Å². The normalized spacial score (nSPS) is 10.5. The van der Waals surface area contributed by atoms with Crippen molar-refractivity contribution in [2.75, 3.05) is 20.2 Å². The highest BCUT2D eigenvalue weighted by molar-refractivity contribution is 5.94. The summed E-state index contributed by atoms with van der Waals surface area (Å²) < 4.78 is 4.62. The Morgan fingerprint density at radius 1 is 1.43 bits per heavy atom. The highest BCUT2D eigenvalue weighted by Crippen LogP contribution is 2.09. The minimum absolute atomic E-state index is 0.121. The van der Waals surface area contributed by atoms with Crippen LogP contribution in [0.1, 0.15) is 36.3 Å². The fraction of sp³-hybridized carbons (Fsp3) is 0.533. The third-order valence-electron chi connectivity index (χ3n) is 2.96. The van der Waals surface area contributed by atoms with Crippen molar-refractivity contribution in [2.45, 2.75) is 26.8 Å². The molecule has 0 aromatic carbocycles. The van der Waals surface area contributed by atoms with Crippen LogP contribution < -0.4 is 5.73 Å². The van der Waals surface area contributed by atoms with Gasteiger partial charge in [-0.2, -0.15) is 0 Å². The fourth-order valence-corrected chi connectivity index (χ4v) is 1.95. The zero-order valence-electron chi connectivity index (χ0n) is 12.8. The monoisotopic (exact) mass is 293 g/mol. The SMILES string of the molecule is COC(=O)CCN(CC(C)C)C(=O)c1ccnc(CN)c1. The molecule has 0 aliphatic rings. The van der Waals surface area contributed by atoms with Gasteiger partial charge in [-0.15, -0.1) is 0 Å². The van der Waals surface area contributed by atoms with Crippen molar-refractivity contribution < 1.29 is 14.3 Å². The highest BCUT2D eigenvalue weighted by Gasteiger charge is 2.18. The average molecular weight is 293 g/mol.